The van der Waals surface area contributed by atoms with Gasteiger partial charge in [0.05, 0.1) is 17.2 Å². The lowest BCUT2D eigenvalue weighted by Gasteiger charge is -2.33. The van der Waals surface area contributed by atoms with Gasteiger partial charge in [0.15, 0.2) is 0 Å². The zero-order valence-corrected chi connectivity index (χ0v) is 26.0. The third-order valence-electron chi connectivity index (χ3n) is 7.28. The van der Waals surface area contributed by atoms with E-state index in [1.807, 2.05) is 0 Å². The molecular weight excluding hydrogens is 597 g/mol. The van der Waals surface area contributed by atoms with Gasteiger partial charge < -0.3 is 15.0 Å². The van der Waals surface area contributed by atoms with E-state index in [-0.39, 0.29) is 35.7 Å². The lowest BCUT2D eigenvalue weighted by molar-refractivity contribution is -0.139. The first-order valence-electron chi connectivity index (χ1n) is 13.9. The molecule has 1 aliphatic rings. The summed E-state index contributed by atoms with van der Waals surface area (Å²) in [6.07, 6.45) is 3.85. The molecule has 0 radical (unpaired) electrons. The minimum absolute atomic E-state index is 0.0136. The summed E-state index contributed by atoms with van der Waals surface area (Å²) in [6, 6.07) is 18.6. The van der Waals surface area contributed by atoms with Crippen LogP contribution in [0.15, 0.2) is 77.7 Å². The van der Waals surface area contributed by atoms with Crippen LogP contribution in [0.5, 0.6) is 5.75 Å². The van der Waals surface area contributed by atoms with E-state index in [2.05, 4.69) is 5.32 Å². The highest BCUT2D eigenvalue weighted by molar-refractivity contribution is 7.92. The number of nitrogens with zero attached hydrogens (tertiary/aromatic N) is 2. The first kappa shape index (κ1) is 31.7. The number of carbonyl (C=O) groups excluding carboxylic acids is 2. The van der Waals surface area contributed by atoms with Gasteiger partial charge in [-0.2, -0.15) is 0 Å². The zero-order chi connectivity index (χ0) is 30.3. The molecule has 1 N–H and O–H groups in total. The van der Waals surface area contributed by atoms with Crippen LogP contribution in [0.2, 0.25) is 10.0 Å². The number of hydrogen-bond donors (Lipinski definition) is 1. The average Bonchev–Trinajstić information content (AvgIpc) is 3.49. The van der Waals surface area contributed by atoms with Crippen LogP contribution in [0.1, 0.15) is 45.1 Å². The second-order valence-corrected chi connectivity index (χ2v) is 12.9. The summed E-state index contributed by atoms with van der Waals surface area (Å²) in [5.74, 6) is -0.577. The number of carbonyl (C=O) groups is 2. The fourth-order valence-electron chi connectivity index (χ4n) is 4.97. The van der Waals surface area contributed by atoms with Crippen LogP contribution in [0.25, 0.3) is 0 Å². The summed E-state index contributed by atoms with van der Waals surface area (Å²) in [5.41, 5.74) is 0.832. The Balaban J connectivity index is 1.73. The molecule has 42 heavy (non-hydrogen) atoms. The highest BCUT2D eigenvalue weighted by atomic mass is 35.5. The molecule has 1 saturated carbocycles. The Morgan fingerprint density at radius 1 is 0.976 bits per heavy atom. The average molecular weight is 633 g/mol. The van der Waals surface area contributed by atoms with Gasteiger partial charge in [0.1, 0.15) is 18.3 Å². The number of hydrogen-bond acceptors (Lipinski definition) is 5. The van der Waals surface area contributed by atoms with Crippen LogP contribution in [-0.2, 0) is 26.2 Å². The molecule has 0 saturated heterocycles. The van der Waals surface area contributed by atoms with Gasteiger partial charge in [0.25, 0.3) is 10.0 Å². The van der Waals surface area contributed by atoms with Crippen LogP contribution in [0.3, 0.4) is 0 Å². The molecule has 1 fully saturated rings. The summed E-state index contributed by atoms with van der Waals surface area (Å²) in [6.45, 7) is 3.15. The van der Waals surface area contributed by atoms with E-state index in [0.717, 1.165) is 30.0 Å². The SMILES string of the molecule is CCOc1ccccc1N(CC(=O)N(Cc1ccccc1Cl)[C@H](C)C(=O)NC1CCCC1)S(=O)(=O)c1ccc(Cl)cc1. The van der Waals surface area contributed by atoms with Crippen LogP contribution in [0, 0.1) is 0 Å². The van der Waals surface area contributed by atoms with Gasteiger partial charge in [-0.15, -0.1) is 0 Å². The van der Waals surface area contributed by atoms with Crippen molar-refractivity contribution in [3.8, 4) is 5.75 Å². The molecule has 2 amide bonds. The smallest absolute Gasteiger partial charge is 0.264 e. The summed E-state index contributed by atoms with van der Waals surface area (Å²) < 4.78 is 34.9. The number of sulfonamides is 1. The lowest BCUT2D eigenvalue weighted by atomic mass is 10.1. The van der Waals surface area contributed by atoms with Crippen molar-refractivity contribution >= 4 is 50.7 Å². The Kier molecular flexibility index (Phi) is 10.8. The number of amides is 2. The largest absolute Gasteiger partial charge is 0.492 e. The van der Waals surface area contributed by atoms with Crippen molar-refractivity contribution in [3.05, 3.63) is 88.4 Å². The van der Waals surface area contributed by atoms with Crippen molar-refractivity contribution in [2.45, 2.75) is 63.1 Å². The third kappa shape index (κ3) is 7.56. The summed E-state index contributed by atoms with van der Waals surface area (Å²) in [7, 11) is -4.27. The van der Waals surface area contributed by atoms with Gasteiger partial charge >= 0.3 is 0 Å². The van der Waals surface area contributed by atoms with Gasteiger partial charge in [-0.25, -0.2) is 8.42 Å². The maximum absolute atomic E-state index is 14.2. The van der Waals surface area contributed by atoms with Gasteiger partial charge in [0, 0.05) is 22.6 Å². The van der Waals surface area contributed by atoms with Crippen molar-refractivity contribution in [2.24, 2.45) is 0 Å². The van der Waals surface area contributed by atoms with Crippen LogP contribution in [-0.4, -0.2) is 50.4 Å². The van der Waals surface area contributed by atoms with Crippen molar-refractivity contribution in [1.29, 1.82) is 0 Å². The molecule has 0 bridgehead atoms. The molecule has 3 aromatic rings. The van der Waals surface area contributed by atoms with Crippen LogP contribution < -0.4 is 14.4 Å². The number of ether oxygens (including phenoxy) is 1. The Morgan fingerprint density at radius 2 is 1.62 bits per heavy atom. The molecule has 8 nitrogen and oxygen atoms in total. The van der Waals surface area contributed by atoms with Gasteiger partial charge in [-0.1, -0.05) is 66.4 Å². The summed E-state index contributed by atoms with van der Waals surface area (Å²) >= 11 is 12.5. The van der Waals surface area contributed by atoms with Gasteiger partial charge in [-0.05, 0) is 74.7 Å². The number of anilines is 1. The van der Waals surface area contributed by atoms with E-state index in [0.29, 0.717) is 21.4 Å². The standard InChI is InChI=1S/C31H35Cl2N3O5S/c1-3-41-29-15-9-8-14-28(29)36(42(39,40)26-18-16-24(32)17-19-26)21-30(37)35(20-23-10-4-7-13-27(23)33)22(2)31(38)34-25-11-5-6-12-25/h4,7-10,13-19,22,25H,3,5-6,11-12,20-21H2,1-2H3,(H,34,38)/t22-/m1/s1. The predicted molar refractivity (Wildman–Crippen MR) is 165 cm³/mol. The number of para-hydroxylation sites is 2. The van der Waals surface area contributed by atoms with E-state index >= 15 is 0 Å². The minimum atomic E-state index is -4.27. The zero-order valence-electron chi connectivity index (χ0n) is 23.6. The van der Waals surface area contributed by atoms with Crippen molar-refractivity contribution < 1.29 is 22.7 Å². The molecule has 0 unspecified atom stereocenters. The Hall–Kier alpha value is -3.27. The lowest BCUT2D eigenvalue weighted by Crippen LogP contribution is -2.52. The van der Waals surface area contributed by atoms with Crippen molar-refractivity contribution in [1.82, 2.24) is 10.2 Å². The topological polar surface area (TPSA) is 96.0 Å². The van der Waals surface area contributed by atoms with E-state index < -0.39 is 28.5 Å². The van der Waals surface area contributed by atoms with Gasteiger partial charge in [-0.3, -0.25) is 13.9 Å². The molecule has 224 valence electrons. The number of benzene rings is 3. The quantitative estimate of drug-likeness (QED) is 0.262. The van der Waals surface area contributed by atoms with Crippen molar-refractivity contribution in [2.75, 3.05) is 17.5 Å². The van der Waals surface area contributed by atoms with Crippen molar-refractivity contribution in [3.63, 3.8) is 0 Å². The normalized spacial score (nSPS) is 14.3. The maximum atomic E-state index is 14.2. The molecule has 0 spiro atoms. The Labute approximate surface area is 257 Å². The molecule has 0 aliphatic heterocycles. The summed E-state index contributed by atoms with van der Waals surface area (Å²) in [5, 5.41) is 3.87. The number of nitrogens with one attached hydrogen (secondary N) is 1. The monoisotopic (exact) mass is 631 g/mol. The molecule has 0 heterocycles. The summed E-state index contributed by atoms with van der Waals surface area (Å²) in [4.78, 5) is 28.9. The van der Waals surface area contributed by atoms with Crippen LogP contribution >= 0.6 is 23.2 Å². The fraction of sp³-hybridized carbons (Fsp3) is 0.355. The van der Waals surface area contributed by atoms with E-state index in [1.165, 1.54) is 29.2 Å². The molecular formula is C31H35Cl2N3O5S. The number of rotatable bonds is 12. The molecule has 1 atom stereocenters. The highest BCUT2D eigenvalue weighted by Crippen LogP contribution is 2.33. The number of halogens is 2. The second kappa shape index (κ2) is 14.3. The Morgan fingerprint density at radius 3 is 2.29 bits per heavy atom. The van der Waals surface area contributed by atoms with E-state index in [1.54, 1.807) is 62.4 Å². The van der Waals surface area contributed by atoms with E-state index in [4.69, 9.17) is 27.9 Å². The molecule has 4 rings (SSSR count). The third-order valence-corrected chi connectivity index (χ3v) is 9.68. The maximum Gasteiger partial charge on any atom is 0.264 e. The molecule has 0 aromatic heterocycles. The fourth-order valence-corrected chi connectivity index (χ4v) is 6.72. The second-order valence-electron chi connectivity index (χ2n) is 10.1. The van der Waals surface area contributed by atoms with Crippen LogP contribution in [0.4, 0.5) is 5.69 Å². The van der Waals surface area contributed by atoms with E-state index in [9.17, 15) is 18.0 Å². The highest BCUT2D eigenvalue weighted by Gasteiger charge is 2.34. The predicted octanol–water partition coefficient (Wildman–Crippen LogP) is 6.06. The molecule has 3 aromatic carbocycles. The first-order chi connectivity index (χ1) is 20.1. The molecule has 1 aliphatic carbocycles. The first-order valence-corrected chi connectivity index (χ1v) is 16.1. The minimum Gasteiger partial charge on any atom is -0.492 e. The Bertz CT molecular complexity index is 1490. The van der Waals surface area contributed by atoms with Gasteiger partial charge in [0.2, 0.25) is 11.8 Å². The molecule has 11 heteroatoms.